The molecule has 0 unspecified atom stereocenters. The van der Waals surface area contributed by atoms with E-state index in [-0.39, 0.29) is 0 Å². The van der Waals surface area contributed by atoms with Crippen molar-refractivity contribution in [2.45, 2.75) is 25.9 Å². The Labute approximate surface area is 123 Å². The first-order valence-corrected chi connectivity index (χ1v) is 7.24. The fraction of sp³-hybridized carbons (Fsp3) is 0.400. The van der Waals surface area contributed by atoms with Gasteiger partial charge in [0.1, 0.15) is 17.3 Å². The van der Waals surface area contributed by atoms with Gasteiger partial charge in [-0.05, 0) is 37.6 Å². The predicted octanol–water partition coefficient (Wildman–Crippen LogP) is 3.00. The summed E-state index contributed by atoms with van der Waals surface area (Å²) in [7, 11) is 0. The Bertz CT molecular complexity index is 584. The highest BCUT2D eigenvalue weighted by molar-refractivity contribution is 6.32. The topological polar surface area (TPSA) is 41.3 Å². The number of furan rings is 1. The normalized spacial score (nSPS) is 18.7. The lowest BCUT2D eigenvalue weighted by molar-refractivity contribution is 0.440. The summed E-state index contributed by atoms with van der Waals surface area (Å²) in [5, 5.41) is 4.24. The standard InChI is InChI=1S/C15H18ClN3O/c1-11-4-5-13(20-11)9-18-12-6-8-19(10-12)15-14(16)3-2-7-17-15/h2-5,7,12,18H,6,8-10H2,1H3/t12-/m0/s1. The van der Waals surface area contributed by atoms with E-state index in [9.17, 15) is 0 Å². The highest BCUT2D eigenvalue weighted by Crippen LogP contribution is 2.25. The van der Waals surface area contributed by atoms with Crippen LogP contribution in [0.1, 0.15) is 17.9 Å². The maximum Gasteiger partial charge on any atom is 0.147 e. The van der Waals surface area contributed by atoms with Gasteiger partial charge in [-0.1, -0.05) is 11.6 Å². The number of aromatic nitrogens is 1. The smallest absolute Gasteiger partial charge is 0.147 e. The molecule has 1 aliphatic heterocycles. The fourth-order valence-electron chi connectivity index (χ4n) is 2.55. The number of hydrogen-bond donors (Lipinski definition) is 1. The summed E-state index contributed by atoms with van der Waals surface area (Å²) in [6, 6.07) is 8.20. The van der Waals surface area contributed by atoms with Crippen LogP contribution in [0.2, 0.25) is 5.02 Å². The van der Waals surface area contributed by atoms with E-state index in [1.165, 1.54) is 0 Å². The van der Waals surface area contributed by atoms with Gasteiger partial charge in [0, 0.05) is 25.3 Å². The number of rotatable bonds is 4. The number of nitrogens with one attached hydrogen (secondary N) is 1. The van der Waals surface area contributed by atoms with E-state index >= 15 is 0 Å². The van der Waals surface area contributed by atoms with Gasteiger partial charge in [-0.25, -0.2) is 4.98 Å². The van der Waals surface area contributed by atoms with Gasteiger partial charge in [0.05, 0.1) is 11.6 Å². The number of hydrogen-bond acceptors (Lipinski definition) is 4. The average Bonchev–Trinajstić information content (AvgIpc) is 3.06. The zero-order valence-corrected chi connectivity index (χ0v) is 12.2. The molecule has 0 bridgehead atoms. The monoisotopic (exact) mass is 291 g/mol. The maximum atomic E-state index is 6.19. The molecule has 0 aromatic carbocycles. The van der Waals surface area contributed by atoms with Gasteiger partial charge in [0.15, 0.2) is 0 Å². The minimum atomic E-state index is 0.443. The van der Waals surface area contributed by atoms with Crippen molar-refractivity contribution in [2.24, 2.45) is 0 Å². The van der Waals surface area contributed by atoms with E-state index in [4.69, 9.17) is 16.0 Å². The van der Waals surface area contributed by atoms with Gasteiger partial charge < -0.3 is 14.6 Å². The minimum Gasteiger partial charge on any atom is -0.465 e. The molecule has 0 amide bonds. The second-order valence-electron chi connectivity index (χ2n) is 5.13. The van der Waals surface area contributed by atoms with E-state index in [0.717, 1.165) is 48.4 Å². The van der Waals surface area contributed by atoms with Crippen molar-refractivity contribution < 1.29 is 4.42 Å². The summed E-state index contributed by atoms with van der Waals surface area (Å²) in [5.74, 6) is 2.82. The Kier molecular flexibility index (Phi) is 3.94. The van der Waals surface area contributed by atoms with Crippen LogP contribution in [0.5, 0.6) is 0 Å². The molecule has 0 radical (unpaired) electrons. The predicted molar refractivity (Wildman–Crippen MR) is 80.1 cm³/mol. The van der Waals surface area contributed by atoms with Gasteiger partial charge >= 0.3 is 0 Å². The molecule has 1 atom stereocenters. The number of pyridine rings is 1. The lowest BCUT2D eigenvalue weighted by Gasteiger charge is -2.18. The van der Waals surface area contributed by atoms with Gasteiger partial charge in [-0.15, -0.1) is 0 Å². The summed E-state index contributed by atoms with van der Waals surface area (Å²) in [4.78, 5) is 6.59. The number of aryl methyl sites for hydroxylation is 1. The summed E-state index contributed by atoms with van der Waals surface area (Å²) < 4.78 is 5.56. The minimum absolute atomic E-state index is 0.443. The van der Waals surface area contributed by atoms with E-state index in [2.05, 4.69) is 15.2 Å². The zero-order valence-electron chi connectivity index (χ0n) is 11.5. The second-order valence-corrected chi connectivity index (χ2v) is 5.54. The lowest BCUT2D eigenvalue weighted by Crippen LogP contribution is -2.32. The molecule has 0 saturated carbocycles. The molecule has 3 heterocycles. The number of anilines is 1. The first-order valence-electron chi connectivity index (χ1n) is 6.86. The third-order valence-electron chi connectivity index (χ3n) is 3.59. The van der Waals surface area contributed by atoms with E-state index in [1.807, 2.05) is 31.2 Å². The van der Waals surface area contributed by atoms with Crippen molar-refractivity contribution in [3.8, 4) is 0 Å². The summed E-state index contributed by atoms with van der Waals surface area (Å²) >= 11 is 6.19. The van der Waals surface area contributed by atoms with Crippen LogP contribution in [-0.4, -0.2) is 24.1 Å². The molecule has 3 rings (SSSR count). The lowest BCUT2D eigenvalue weighted by atomic mass is 10.2. The van der Waals surface area contributed by atoms with Gasteiger partial charge in [-0.3, -0.25) is 0 Å². The SMILES string of the molecule is Cc1ccc(CN[C@H]2CCN(c3ncccc3Cl)C2)o1. The molecule has 1 saturated heterocycles. The number of halogens is 1. The van der Waals surface area contributed by atoms with Crippen LogP contribution in [-0.2, 0) is 6.54 Å². The van der Waals surface area contributed by atoms with Crippen LogP contribution in [0.15, 0.2) is 34.9 Å². The molecule has 1 fully saturated rings. The Balaban J connectivity index is 1.56. The third kappa shape index (κ3) is 2.97. The summed E-state index contributed by atoms with van der Waals surface area (Å²) in [6.07, 6.45) is 2.88. The van der Waals surface area contributed by atoms with Crippen molar-refractivity contribution >= 4 is 17.4 Å². The van der Waals surface area contributed by atoms with E-state index in [1.54, 1.807) is 6.20 Å². The van der Waals surface area contributed by atoms with Crippen LogP contribution >= 0.6 is 11.6 Å². The fourth-order valence-corrected chi connectivity index (χ4v) is 2.80. The zero-order chi connectivity index (χ0) is 13.9. The molecule has 0 spiro atoms. The Hall–Kier alpha value is -1.52. The van der Waals surface area contributed by atoms with Crippen molar-refractivity contribution in [3.05, 3.63) is 47.0 Å². The highest BCUT2D eigenvalue weighted by atomic mass is 35.5. The van der Waals surface area contributed by atoms with Crippen LogP contribution < -0.4 is 10.2 Å². The first-order chi connectivity index (χ1) is 9.72. The second kappa shape index (κ2) is 5.85. The molecule has 106 valence electrons. The van der Waals surface area contributed by atoms with E-state index < -0.39 is 0 Å². The van der Waals surface area contributed by atoms with E-state index in [0.29, 0.717) is 6.04 Å². The maximum absolute atomic E-state index is 6.19. The van der Waals surface area contributed by atoms with Crippen LogP contribution in [0, 0.1) is 6.92 Å². The molecule has 20 heavy (non-hydrogen) atoms. The van der Waals surface area contributed by atoms with Gasteiger partial charge in [0.2, 0.25) is 0 Å². The summed E-state index contributed by atoms with van der Waals surface area (Å²) in [5.41, 5.74) is 0. The molecule has 0 aliphatic carbocycles. The van der Waals surface area contributed by atoms with Crippen molar-refractivity contribution in [2.75, 3.05) is 18.0 Å². The Morgan fingerprint density at radius 3 is 3.10 bits per heavy atom. The molecule has 1 aliphatic rings. The van der Waals surface area contributed by atoms with Crippen molar-refractivity contribution in [1.82, 2.24) is 10.3 Å². The molecule has 4 nitrogen and oxygen atoms in total. The van der Waals surface area contributed by atoms with Crippen LogP contribution in [0.25, 0.3) is 0 Å². The molecule has 2 aromatic heterocycles. The van der Waals surface area contributed by atoms with Crippen LogP contribution in [0.4, 0.5) is 5.82 Å². The van der Waals surface area contributed by atoms with Gasteiger partial charge in [0.25, 0.3) is 0 Å². The Morgan fingerprint density at radius 1 is 1.45 bits per heavy atom. The molecule has 1 N–H and O–H groups in total. The highest BCUT2D eigenvalue weighted by Gasteiger charge is 2.24. The largest absolute Gasteiger partial charge is 0.465 e. The number of nitrogens with zero attached hydrogens (tertiary/aromatic N) is 2. The Morgan fingerprint density at radius 2 is 2.35 bits per heavy atom. The molecule has 5 heteroatoms. The van der Waals surface area contributed by atoms with Crippen molar-refractivity contribution in [1.29, 1.82) is 0 Å². The van der Waals surface area contributed by atoms with Crippen LogP contribution in [0.3, 0.4) is 0 Å². The van der Waals surface area contributed by atoms with Gasteiger partial charge in [-0.2, -0.15) is 0 Å². The summed E-state index contributed by atoms with van der Waals surface area (Å²) in [6.45, 7) is 4.63. The quantitative estimate of drug-likeness (QED) is 0.940. The van der Waals surface area contributed by atoms with Crippen molar-refractivity contribution in [3.63, 3.8) is 0 Å². The third-order valence-corrected chi connectivity index (χ3v) is 3.88. The molecular weight excluding hydrogens is 274 g/mol. The molecular formula is C15H18ClN3O. The first kappa shape index (κ1) is 13.5. The molecule has 2 aromatic rings. The average molecular weight is 292 g/mol.